The topological polar surface area (TPSA) is 52.1 Å². The lowest BCUT2D eigenvalue weighted by atomic mass is 10.1. The van der Waals surface area contributed by atoms with Gasteiger partial charge in [-0.2, -0.15) is 0 Å². The van der Waals surface area contributed by atoms with Crippen LogP contribution < -0.4 is 4.74 Å². The SMILES string of the molecule is CC(=O)c1ccc2ncnc(OC(C)(C)C)c2c1. The first-order valence-corrected chi connectivity index (χ1v) is 5.81. The summed E-state index contributed by atoms with van der Waals surface area (Å²) in [6.07, 6.45) is 1.47. The quantitative estimate of drug-likeness (QED) is 0.762. The summed E-state index contributed by atoms with van der Waals surface area (Å²) in [6.45, 7) is 7.40. The average Bonchev–Trinajstić information content (AvgIpc) is 2.26. The Morgan fingerprint density at radius 1 is 1.22 bits per heavy atom. The molecule has 0 N–H and O–H groups in total. The first-order valence-electron chi connectivity index (χ1n) is 5.81. The number of rotatable bonds is 2. The molecule has 18 heavy (non-hydrogen) atoms. The van der Waals surface area contributed by atoms with E-state index in [2.05, 4.69) is 9.97 Å². The molecule has 0 atom stereocenters. The van der Waals surface area contributed by atoms with Crippen molar-refractivity contribution in [1.82, 2.24) is 9.97 Å². The minimum absolute atomic E-state index is 0.0162. The molecule has 0 radical (unpaired) electrons. The standard InChI is InChI=1S/C14H16N2O2/c1-9(17)10-5-6-12-11(7-10)13(16-8-15-12)18-14(2,3)4/h5-8H,1-4H3. The van der Waals surface area contributed by atoms with E-state index in [4.69, 9.17) is 4.74 Å². The maximum Gasteiger partial charge on any atom is 0.224 e. The second-order valence-electron chi connectivity index (χ2n) is 5.18. The van der Waals surface area contributed by atoms with Gasteiger partial charge in [0.05, 0.1) is 10.9 Å². The molecule has 1 aromatic carbocycles. The number of fused-ring (bicyclic) bond motifs is 1. The van der Waals surface area contributed by atoms with Crippen LogP contribution in [0.2, 0.25) is 0 Å². The number of aromatic nitrogens is 2. The summed E-state index contributed by atoms with van der Waals surface area (Å²) in [5.41, 5.74) is 1.07. The number of Topliss-reactive ketones (excluding diaryl/α,β-unsaturated/α-hetero) is 1. The third kappa shape index (κ3) is 2.64. The molecule has 0 fully saturated rings. The van der Waals surface area contributed by atoms with E-state index in [9.17, 15) is 4.79 Å². The van der Waals surface area contributed by atoms with Crippen LogP contribution in [0.1, 0.15) is 38.1 Å². The highest BCUT2D eigenvalue weighted by Crippen LogP contribution is 2.25. The molecule has 0 aliphatic carbocycles. The summed E-state index contributed by atoms with van der Waals surface area (Å²) in [5.74, 6) is 0.526. The van der Waals surface area contributed by atoms with Crippen molar-refractivity contribution in [2.75, 3.05) is 0 Å². The average molecular weight is 244 g/mol. The fraction of sp³-hybridized carbons (Fsp3) is 0.357. The van der Waals surface area contributed by atoms with Gasteiger partial charge in [0.15, 0.2) is 5.78 Å². The van der Waals surface area contributed by atoms with Gasteiger partial charge in [0.25, 0.3) is 0 Å². The first kappa shape index (κ1) is 12.5. The predicted octanol–water partition coefficient (Wildman–Crippen LogP) is 3.01. The Morgan fingerprint density at radius 2 is 1.94 bits per heavy atom. The number of benzene rings is 1. The van der Waals surface area contributed by atoms with Crippen molar-refractivity contribution in [1.29, 1.82) is 0 Å². The molecule has 0 unspecified atom stereocenters. The van der Waals surface area contributed by atoms with Crippen LogP contribution in [0, 0.1) is 0 Å². The van der Waals surface area contributed by atoms with Gasteiger partial charge >= 0.3 is 0 Å². The molecule has 0 aliphatic rings. The summed E-state index contributed by atoms with van der Waals surface area (Å²) in [6, 6.07) is 5.35. The molecule has 2 rings (SSSR count). The smallest absolute Gasteiger partial charge is 0.224 e. The monoisotopic (exact) mass is 244 g/mol. The van der Waals surface area contributed by atoms with Crippen molar-refractivity contribution in [3.05, 3.63) is 30.1 Å². The second-order valence-corrected chi connectivity index (χ2v) is 5.18. The molecule has 2 aromatic rings. The summed E-state index contributed by atoms with van der Waals surface area (Å²) in [4.78, 5) is 19.7. The van der Waals surface area contributed by atoms with Gasteiger partial charge in [0, 0.05) is 5.56 Å². The molecular formula is C14H16N2O2. The molecular weight excluding hydrogens is 228 g/mol. The van der Waals surface area contributed by atoms with Crippen LogP contribution in [-0.2, 0) is 0 Å². The lowest BCUT2D eigenvalue weighted by molar-refractivity contribution is 0.101. The summed E-state index contributed by atoms with van der Waals surface area (Å²) < 4.78 is 5.79. The second kappa shape index (κ2) is 4.37. The first-order chi connectivity index (χ1) is 8.37. The zero-order valence-corrected chi connectivity index (χ0v) is 11.0. The van der Waals surface area contributed by atoms with E-state index < -0.39 is 0 Å². The van der Waals surface area contributed by atoms with E-state index in [1.807, 2.05) is 26.8 Å². The molecule has 0 amide bonds. The Morgan fingerprint density at radius 3 is 2.56 bits per heavy atom. The maximum atomic E-state index is 11.4. The predicted molar refractivity (Wildman–Crippen MR) is 69.9 cm³/mol. The van der Waals surface area contributed by atoms with Gasteiger partial charge in [-0.1, -0.05) is 0 Å². The molecule has 0 bridgehead atoms. The molecule has 1 aromatic heterocycles. The minimum atomic E-state index is -0.340. The third-order valence-electron chi connectivity index (χ3n) is 2.41. The van der Waals surface area contributed by atoms with Crippen molar-refractivity contribution < 1.29 is 9.53 Å². The molecule has 0 saturated heterocycles. The number of hydrogen-bond acceptors (Lipinski definition) is 4. The summed E-state index contributed by atoms with van der Waals surface area (Å²) in [7, 11) is 0. The Kier molecular flexibility index (Phi) is 3.03. The maximum absolute atomic E-state index is 11.4. The van der Waals surface area contributed by atoms with E-state index in [-0.39, 0.29) is 11.4 Å². The van der Waals surface area contributed by atoms with Crippen LogP contribution in [0.25, 0.3) is 10.9 Å². The Balaban J connectivity index is 2.59. The van der Waals surface area contributed by atoms with Crippen molar-refractivity contribution in [2.45, 2.75) is 33.3 Å². The van der Waals surface area contributed by atoms with Gasteiger partial charge in [-0.3, -0.25) is 4.79 Å². The number of nitrogens with zero attached hydrogens (tertiary/aromatic N) is 2. The zero-order chi connectivity index (χ0) is 13.3. The van der Waals surface area contributed by atoms with Gasteiger partial charge in [-0.05, 0) is 45.9 Å². The molecule has 1 heterocycles. The molecule has 0 saturated carbocycles. The molecule has 0 aliphatic heterocycles. The van der Waals surface area contributed by atoms with Crippen molar-refractivity contribution >= 4 is 16.7 Å². The van der Waals surface area contributed by atoms with Gasteiger partial charge in [0.2, 0.25) is 5.88 Å². The third-order valence-corrected chi connectivity index (χ3v) is 2.41. The van der Waals surface area contributed by atoms with Gasteiger partial charge in [0.1, 0.15) is 11.9 Å². The molecule has 94 valence electrons. The Labute approximate surface area is 106 Å². The van der Waals surface area contributed by atoms with Crippen molar-refractivity contribution in [3.8, 4) is 5.88 Å². The summed E-state index contributed by atoms with van der Waals surface area (Å²) >= 11 is 0. The number of ether oxygens (including phenoxy) is 1. The highest BCUT2D eigenvalue weighted by Gasteiger charge is 2.16. The van der Waals surface area contributed by atoms with Gasteiger partial charge in [-0.15, -0.1) is 0 Å². The molecule has 4 heteroatoms. The molecule has 4 nitrogen and oxygen atoms in total. The normalized spacial score (nSPS) is 11.6. The van der Waals surface area contributed by atoms with Crippen LogP contribution in [0.3, 0.4) is 0 Å². The number of ketones is 1. The van der Waals surface area contributed by atoms with E-state index in [0.29, 0.717) is 11.4 Å². The number of hydrogen-bond donors (Lipinski definition) is 0. The van der Waals surface area contributed by atoms with E-state index >= 15 is 0 Å². The zero-order valence-electron chi connectivity index (χ0n) is 11.0. The largest absolute Gasteiger partial charge is 0.471 e. The fourth-order valence-corrected chi connectivity index (χ4v) is 1.62. The minimum Gasteiger partial charge on any atom is -0.471 e. The fourth-order valence-electron chi connectivity index (χ4n) is 1.62. The van der Waals surface area contributed by atoms with E-state index in [1.165, 1.54) is 13.3 Å². The Bertz CT molecular complexity index is 600. The van der Waals surface area contributed by atoms with Crippen LogP contribution >= 0.6 is 0 Å². The van der Waals surface area contributed by atoms with Crippen molar-refractivity contribution in [2.24, 2.45) is 0 Å². The van der Waals surface area contributed by atoms with E-state index in [1.54, 1.807) is 12.1 Å². The lowest BCUT2D eigenvalue weighted by Crippen LogP contribution is -2.23. The number of carbonyl (C=O) groups is 1. The van der Waals surface area contributed by atoms with Crippen LogP contribution in [0.4, 0.5) is 0 Å². The summed E-state index contributed by atoms with van der Waals surface area (Å²) in [5, 5.41) is 0.764. The molecule has 0 spiro atoms. The van der Waals surface area contributed by atoms with Gasteiger partial charge < -0.3 is 4.74 Å². The van der Waals surface area contributed by atoms with Gasteiger partial charge in [-0.25, -0.2) is 9.97 Å². The highest BCUT2D eigenvalue weighted by molar-refractivity contribution is 5.98. The van der Waals surface area contributed by atoms with Crippen LogP contribution in [0.5, 0.6) is 5.88 Å². The highest BCUT2D eigenvalue weighted by atomic mass is 16.5. The van der Waals surface area contributed by atoms with Crippen LogP contribution in [-0.4, -0.2) is 21.4 Å². The van der Waals surface area contributed by atoms with Crippen molar-refractivity contribution in [3.63, 3.8) is 0 Å². The Hall–Kier alpha value is -1.97. The van der Waals surface area contributed by atoms with E-state index in [0.717, 1.165) is 10.9 Å². The lowest BCUT2D eigenvalue weighted by Gasteiger charge is -2.21. The number of carbonyl (C=O) groups excluding carboxylic acids is 1. The van der Waals surface area contributed by atoms with Crippen LogP contribution in [0.15, 0.2) is 24.5 Å².